The Kier molecular flexibility index (Phi) is 7.85. The average Bonchev–Trinajstić information content (AvgIpc) is 3.00. The predicted octanol–water partition coefficient (Wildman–Crippen LogP) is 4.07. The highest BCUT2D eigenvalue weighted by Crippen LogP contribution is 2.23. The van der Waals surface area contributed by atoms with Crippen molar-refractivity contribution in [3.63, 3.8) is 0 Å². The van der Waals surface area contributed by atoms with Crippen LogP contribution in [0.25, 0.3) is 10.9 Å². The number of benzene rings is 1. The van der Waals surface area contributed by atoms with Crippen molar-refractivity contribution in [2.45, 2.75) is 64.8 Å². The van der Waals surface area contributed by atoms with Gasteiger partial charge in [0, 0.05) is 24.4 Å². The van der Waals surface area contributed by atoms with Gasteiger partial charge in [-0.15, -0.1) is 0 Å². The highest BCUT2D eigenvalue weighted by molar-refractivity contribution is 5.94. The third-order valence-electron chi connectivity index (χ3n) is 4.59. The first kappa shape index (κ1) is 20.2. The highest BCUT2D eigenvalue weighted by Gasteiger charge is 2.19. The summed E-state index contributed by atoms with van der Waals surface area (Å²) in [4.78, 5) is 24.5. The smallest absolute Gasteiger partial charge is 0.323 e. The normalized spacial score (nSPS) is 12.3. The van der Waals surface area contributed by atoms with E-state index in [0.717, 1.165) is 29.3 Å². The lowest BCUT2D eigenvalue weighted by atomic mass is 10.1. The zero-order valence-corrected chi connectivity index (χ0v) is 15.9. The Bertz CT molecular complexity index is 736. The van der Waals surface area contributed by atoms with Gasteiger partial charge < -0.3 is 10.5 Å². The molecule has 1 unspecified atom stereocenters. The summed E-state index contributed by atoms with van der Waals surface area (Å²) in [7, 11) is 0. The van der Waals surface area contributed by atoms with Crippen LogP contribution in [0.2, 0.25) is 0 Å². The molecule has 0 spiro atoms. The average molecular weight is 358 g/mol. The summed E-state index contributed by atoms with van der Waals surface area (Å²) in [6.07, 6.45) is 8.30. The van der Waals surface area contributed by atoms with Crippen molar-refractivity contribution in [1.82, 2.24) is 4.57 Å². The standard InChI is InChI=1S/C21H30N2O3/c1-3-5-6-7-8-13-20(24)23-15-16(14-18(22)21(25)26-4-2)17-11-9-10-12-19(17)23/h9-12,15,18H,3-8,13-14,22H2,1-2H3. The minimum atomic E-state index is -0.724. The van der Waals surface area contributed by atoms with Crippen LogP contribution in [0.5, 0.6) is 0 Å². The Morgan fingerprint density at radius 2 is 1.85 bits per heavy atom. The van der Waals surface area contributed by atoms with Gasteiger partial charge in [0.15, 0.2) is 0 Å². The zero-order valence-electron chi connectivity index (χ0n) is 15.9. The number of carbonyl (C=O) groups excluding carboxylic acids is 2. The molecule has 0 aliphatic carbocycles. The molecule has 5 nitrogen and oxygen atoms in total. The van der Waals surface area contributed by atoms with E-state index >= 15 is 0 Å². The molecule has 2 rings (SSSR count). The molecule has 0 fully saturated rings. The van der Waals surface area contributed by atoms with Crippen LogP contribution >= 0.6 is 0 Å². The molecule has 26 heavy (non-hydrogen) atoms. The van der Waals surface area contributed by atoms with Crippen molar-refractivity contribution in [3.05, 3.63) is 36.0 Å². The number of rotatable bonds is 10. The molecule has 1 aromatic carbocycles. The maximum Gasteiger partial charge on any atom is 0.323 e. The van der Waals surface area contributed by atoms with Gasteiger partial charge in [-0.1, -0.05) is 50.8 Å². The second-order valence-electron chi connectivity index (χ2n) is 6.66. The van der Waals surface area contributed by atoms with E-state index in [-0.39, 0.29) is 5.91 Å². The van der Waals surface area contributed by atoms with Crippen LogP contribution in [0, 0.1) is 0 Å². The first-order valence-corrected chi connectivity index (χ1v) is 9.62. The largest absolute Gasteiger partial charge is 0.465 e. The number of unbranched alkanes of at least 4 members (excludes halogenated alkanes) is 4. The second-order valence-corrected chi connectivity index (χ2v) is 6.66. The summed E-state index contributed by atoms with van der Waals surface area (Å²) in [5.74, 6) is -0.319. The predicted molar refractivity (Wildman–Crippen MR) is 104 cm³/mol. The quantitative estimate of drug-likeness (QED) is 0.513. The van der Waals surface area contributed by atoms with Gasteiger partial charge in [-0.2, -0.15) is 0 Å². The number of ether oxygens (including phenoxy) is 1. The van der Waals surface area contributed by atoms with E-state index in [0.29, 0.717) is 19.4 Å². The van der Waals surface area contributed by atoms with E-state index in [1.807, 2.05) is 30.5 Å². The lowest BCUT2D eigenvalue weighted by molar-refractivity contribution is -0.144. The number of nitrogens with zero attached hydrogens (tertiary/aromatic N) is 1. The molecule has 142 valence electrons. The van der Waals surface area contributed by atoms with Crippen LogP contribution < -0.4 is 5.73 Å². The number of esters is 1. The van der Waals surface area contributed by atoms with Crippen molar-refractivity contribution in [1.29, 1.82) is 0 Å². The Balaban J connectivity index is 2.13. The lowest BCUT2D eigenvalue weighted by Gasteiger charge is -2.09. The Morgan fingerprint density at radius 1 is 1.12 bits per heavy atom. The van der Waals surface area contributed by atoms with Gasteiger partial charge in [-0.25, -0.2) is 0 Å². The maximum atomic E-state index is 12.7. The van der Waals surface area contributed by atoms with Crippen molar-refractivity contribution in [3.8, 4) is 0 Å². The third-order valence-corrected chi connectivity index (χ3v) is 4.59. The Labute approximate surface area is 155 Å². The van der Waals surface area contributed by atoms with E-state index < -0.39 is 12.0 Å². The summed E-state index contributed by atoms with van der Waals surface area (Å²) >= 11 is 0. The van der Waals surface area contributed by atoms with Crippen LogP contribution in [-0.2, 0) is 16.0 Å². The fraction of sp³-hybridized carbons (Fsp3) is 0.524. The van der Waals surface area contributed by atoms with Crippen LogP contribution in [0.1, 0.15) is 62.7 Å². The number of carbonyl (C=O) groups is 2. The van der Waals surface area contributed by atoms with Gasteiger partial charge in [0.2, 0.25) is 5.91 Å². The molecule has 5 heteroatoms. The molecule has 0 amide bonds. The van der Waals surface area contributed by atoms with Gasteiger partial charge in [0.05, 0.1) is 12.1 Å². The van der Waals surface area contributed by atoms with E-state index in [4.69, 9.17) is 10.5 Å². The fourth-order valence-electron chi connectivity index (χ4n) is 3.19. The topological polar surface area (TPSA) is 74.3 Å². The SMILES string of the molecule is CCCCCCCC(=O)n1cc(CC(N)C(=O)OCC)c2ccccc21. The van der Waals surface area contributed by atoms with Crippen molar-refractivity contribution < 1.29 is 14.3 Å². The first-order valence-electron chi connectivity index (χ1n) is 9.62. The van der Waals surface area contributed by atoms with Gasteiger partial charge in [-0.3, -0.25) is 14.2 Å². The minimum absolute atomic E-state index is 0.0913. The van der Waals surface area contributed by atoms with Crippen LogP contribution in [-0.4, -0.2) is 29.1 Å². The van der Waals surface area contributed by atoms with Gasteiger partial charge in [0.25, 0.3) is 0 Å². The molecular weight excluding hydrogens is 328 g/mol. The summed E-state index contributed by atoms with van der Waals surface area (Å²) in [6, 6.07) is 7.03. The summed E-state index contributed by atoms with van der Waals surface area (Å²) in [6.45, 7) is 4.25. The number of aromatic nitrogens is 1. The molecule has 1 heterocycles. The molecule has 2 aromatic rings. The molecule has 0 saturated carbocycles. The summed E-state index contributed by atoms with van der Waals surface area (Å²) in [5, 5.41) is 0.964. The molecule has 0 radical (unpaired) electrons. The van der Waals surface area contributed by atoms with Crippen LogP contribution in [0.15, 0.2) is 30.5 Å². The highest BCUT2D eigenvalue weighted by atomic mass is 16.5. The molecule has 0 saturated heterocycles. The molecule has 2 N–H and O–H groups in total. The number of hydrogen-bond donors (Lipinski definition) is 1. The van der Waals surface area contributed by atoms with Crippen molar-refractivity contribution in [2.24, 2.45) is 5.73 Å². The monoisotopic (exact) mass is 358 g/mol. The number of para-hydroxylation sites is 1. The third kappa shape index (κ3) is 5.18. The van der Waals surface area contributed by atoms with Crippen LogP contribution in [0.4, 0.5) is 0 Å². The Morgan fingerprint density at radius 3 is 2.58 bits per heavy atom. The first-order chi connectivity index (χ1) is 12.6. The zero-order chi connectivity index (χ0) is 18.9. The second kappa shape index (κ2) is 10.1. The van der Waals surface area contributed by atoms with Crippen molar-refractivity contribution >= 4 is 22.8 Å². The Hall–Kier alpha value is -2.14. The van der Waals surface area contributed by atoms with E-state index in [2.05, 4.69) is 6.92 Å². The van der Waals surface area contributed by atoms with Gasteiger partial charge >= 0.3 is 5.97 Å². The van der Waals surface area contributed by atoms with Crippen molar-refractivity contribution in [2.75, 3.05) is 6.61 Å². The maximum absolute atomic E-state index is 12.7. The molecule has 0 aliphatic heterocycles. The van der Waals surface area contributed by atoms with E-state index in [9.17, 15) is 9.59 Å². The molecule has 0 aliphatic rings. The molecule has 1 atom stereocenters. The van der Waals surface area contributed by atoms with E-state index in [1.54, 1.807) is 11.5 Å². The molecular formula is C21H30N2O3. The lowest BCUT2D eigenvalue weighted by Crippen LogP contribution is -2.34. The number of hydrogen-bond acceptors (Lipinski definition) is 4. The molecule has 1 aromatic heterocycles. The van der Waals surface area contributed by atoms with E-state index in [1.165, 1.54) is 19.3 Å². The van der Waals surface area contributed by atoms with Gasteiger partial charge in [-0.05, 0) is 25.0 Å². The summed E-state index contributed by atoms with van der Waals surface area (Å²) < 4.78 is 6.70. The number of fused-ring (bicyclic) bond motifs is 1. The fourth-order valence-corrected chi connectivity index (χ4v) is 3.19. The number of nitrogens with two attached hydrogens (primary N) is 1. The molecule has 0 bridgehead atoms. The van der Waals surface area contributed by atoms with Gasteiger partial charge in [0.1, 0.15) is 6.04 Å². The minimum Gasteiger partial charge on any atom is -0.465 e. The van der Waals surface area contributed by atoms with Crippen LogP contribution in [0.3, 0.4) is 0 Å². The summed E-state index contributed by atoms with van der Waals surface area (Å²) in [5.41, 5.74) is 7.75.